The molecule has 2 aromatic heterocycles. The van der Waals surface area contributed by atoms with Crippen molar-refractivity contribution in [2.75, 3.05) is 5.32 Å². The van der Waals surface area contributed by atoms with Crippen molar-refractivity contribution in [3.05, 3.63) is 39.8 Å². The summed E-state index contributed by atoms with van der Waals surface area (Å²) in [6, 6.07) is 2.61. The number of nitrogens with zero attached hydrogens (tertiary/aromatic N) is 2. The molecule has 0 unspecified atom stereocenters. The number of hydrogen-bond acceptors (Lipinski definition) is 4. The molecule has 19 heavy (non-hydrogen) atoms. The first-order chi connectivity index (χ1) is 8.86. The zero-order chi connectivity index (χ0) is 14.0. The molecule has 2 rings (SSSR count). The van der Waals surface area contributed by atoms with Crippen molar-refractivity contribution in [3.63, 3.8) is 0 Å². The highest BCUT2D eigenvalue weighted by Crippen LogP contribution is 2.35. The van der Waals surface area contributed by atoms with Gasteiger partial charge in [0.05, 0.1) is 17.8 Å². The SMILES string of the molecule is Cc1cc(CNc2ncc(Br)cc2C(F)(F)F)on1. The summed E-state index contributed by atoms with van der Waals surface area (Å²) in [5.74, 6) is 0.195. The lowest BCUT2D eigenvalue weighted by Crippen LogP contribution is -2.12. The Kier molecular flexibility index (Phi) is 3.79. The fraction of sp³-hybridized carbons (Fsp3) is 0.273. The minimum absolute atomic E-state index is 0.0819. The Morgan fingerprint density at radius 3 is 2.68 bits per heavy atom. The van der Waals surface area contributed by atoms with E-state index >= 15 is 0 Å². The van der Waals surface area contributed by atoms with Crippen LogP contribution in [-0.2, 0) is 12.7 Å². The monoisotopic (exact) mass is 335 g/mol. The summed E-state index contributed by atoms with van der Waals surface area (Å²) in [7, 11) is 0. The lowest BCUT2D eigenvalue weighted by molar-refractivity contribution is -0.137. The van der Waals surface area contributed by atoms with E-state index in [1.54, 1.807) is 13.0 Å². The van der Waals surface area contributed by atoms with Gasteiger partial charge in [-0.25, -0.2) is 4.98 Å². The molecule has 0 aliphatic heterocycles. The summed E-state index contributed by atoms with van der Waals surface area (Å²) >= 11 is 2.97. The molecule has 0 aliphatic rings. The molecule has 8 heteroatoms. The second-order valence-electron chi connectivity index (χ2n) is 3.84. The predicted molar refractivity (Wildman–Crippen MR) is 65.5 cm³/mol. The number of rotatable bonds is 3. The summed E-state index contributed by atoms with van der Waals surface area (Å²) in [5.41, 5.74) is -0.172. The number of anilines is 1. The normalized spacial score (nSPS) is 11.6. The van der Waals surface area contributed by atoms with E-state index in [9.17, 15) is 13.2 Å². The van der Waals surface area contributed by atoms with Crippen LogP contribution in [0.25, 0.3) is 0 Å². The molecule has 102 valence electrons. The lowest BCUT2D eigenvalue weighted by Gasteiger charge is -2.12. The number of nitrogens with one attached hydrogen (secondary N) is 1. The van der Waals surface area contributed by atoms with E-state index in [1.165, 1.54) is 6.20 Å². The van der Waals surface area contributed by atoms with Gasteiger partial charge in [-0.15, -0.1) is 0 Å². The molecule has 0 aromatic carbocycles. The summed E-state index contributed by atoms with van der Waals surface area (Å²) in [4.78, 5) is 3.73. The van der Waals surface area contributed by atoms with Gasteiger partial charge in [0.15, 0.2) is 5.76 Å². The second-order valence-corrected chi connectivity index (χ2v) is 4.75. The van der Waals surface area contributed by atoms with Crippen molar-refractivity contribution >= 4 is 21.7 Å². The van der Waals surface area contributed by atoms with Gasteiger partial charge in [-0.3, -0.25) is 0 Å². The van der Waals surface area contributed by atoms with E-state index in [4.69, 9.17) is 4.52 Å². The van der Waals surface area contributed by atoms with Crippen LogP contribution in [0, 0.1) is 6.92 Å². The minimum atomic E-state index is -4.48. The van der Waals surface area contributed by atoms with Crippen molar-refractivity contribution in [3.8, 4) is 0 Å². The average Bonchev–Trinajstić information content (AvgIpc) is 2.72. The van der Waals surface area contributed by atoms with Gasteiger partial charge in [0.1, 0.15) is 5.82 Å². The van der Waals surface area contributed by atoms with E-state index in [0.717, 1.165) is 6.07 Å². The highest BCUT2D eigenvalue weighted by atomic mass is 79.9. The predicted octanol–water partition coefficient (Wildman–Crippen LogP) is 3.77. The van der Waals surface area contributed by atoms with Crippen LogP contribution in [0.4, 0.5) is 19.0 Å². The van der Waals surface area contributed by atoms with Crippen LogP contribution < -0.4 is 5.32 Å². The van der Waals surface area contributed by atoms with Crippen molar-refractivity contribution < 1.29 is 17.7 Å². The maximum Gasteiger partial charge on any atom is 0.419 e. The minimum Gasteiger partial charge on any atom is -0.362 e. The summed E-state index contributed by atoms with van der Waals surface area (Å²) in [6.07, 6.45) is -3.18. The molecule has 0 radical (unpaired) electrons. The Hall–Kier alpha value is -1.57. The quantitative estimate of drug-likeness (QED) is 0.927. The molecule has 0 saturated carbocycles. The Balaban J connectivity index is 2.20. The standard InChI is InChI=1S/C11H9BrF3N3O/c1-6-2-8(19-18-6)5-17-10-9(11(13,14)15)3-7(12)4-16-10/h2-4H,5H2,1H3,(H,16,17). The van der Waals surface area contributed by atoms with Crippen LogP contribution in [0.5, 0.6) is 0 Å². The van der Waals surface area contributed by atoms with Crippen LogP contribution in [-0.4, -0.2) is 10.1 Å². The molecular formula is C11H9BrF3N3O. The zero-order valence-electron chi connectivity index (χ0n) is 9.75. The van der Waals surface area contributed by atoms with Crippen LogP contribution in [0.2, 0.25) is 0 Å². The molecule has 0 amide bonds. The highest BCUT2D eigenvalue weighted by molar-refractivity contribution is 9.10. The molecule has 0 atom stereocenters. The van der Waals surface area contributed by atoms with Gasteiger partial charge in [-0.1, -0.05) is 5.16 Å². The van der Waals surface area contributed by atoms with Crippen molar-refractivity contribution in [2.45, 2.75) is 19.6 Å². The Bertz CT molecular complexity index is 583. The van der Waals surface area contributed by atoms with Crippen LogP contribution >= 0.6 is 15.9 Å². The van der Waals surface area contributed by atoms with Crippen molar-refractivity contribution in [1.82, 2.24) is 10.1 Å². The van der Waals surface area contributed by atoms with E-state index < -0.39 is 11.7 Å². The van der Waals surface area contributed by atoms with Crippen LogP contribution in [0.1, 0.15) is 17.0 Å². The largest absolute Gasteiger partial charge is 0.419 e. The number of hydrogen-bond donors (Lipinski definition) is 1. The van der Waals surface area contributed by atoms with E-state index in [2.05, 4.69) is 31.4 Å². The molecule has 2 heterocycles. The number of pyridine rings is 1. The molecule has 2 aromatic rings. The third-order valence-electron chi connectivity index (χ3n) is 2.27. The molecular weight excluding hydrogens is 327 g/mol. The second kappa shape index (κ2) is 5.20. The first-order valence-electron chi connectivity index (χ1n) is 5.25. The molecule has 0 aliphatic carbocycles. The third-order valence-corrected chi connectivity index (χ3v) is 2.70. The Labute approximate surface area is 115 Å². The topological polar surface area (TPSA) is 51.0 Å². The third kappa shape index (κ3) is 3.46. The number of halogens is 4. The van der Waals surface area contributed by atoms with Gasteiger partial charge in [0.2, 0.25) is 0 Å². The van der Waals surface area contributed by atoms with E-state index in [1.807, 2.05) is 0 Å². The number of alkyl halides is 3. The van der Waals surface area contributed by atoms with Gasteiger partial charge in [0, 0.05) is 16.7 Å². The summed E-state index contributed by atoms with van der Waals surface area (Å²) in [6.45, 7) is 1.81. The van der Waals surface area contributed by atoms with Crippen LogP contribution in [0.3, 0.4) is 0 Å². The molecule has 0 spiro atoms. The van der Waals surface area contributed by atoms with E-state index in [-0.39, 0.29) is 16.8 Å². The fourth-order valence-electron chi connectivity index (χ4n) is 1.47. The maximum absolute atomic E-state index is 12.8. The van der Waals surface area contributed by atoms with Gasteiger partial charge >= 0.3 is 6.18 Å². The number of aromatic nitrogens is 2. The summed E-state index contributed by atoms with van der Waals surface area (Å²) in [5, 5.41) is 6.24. The molecule has 0 saturated heterocycles. The zero-order valence-corrected chi connectivity index (χ0v) is 11.3. The van der Waals surface area contributed by atoms with Gasteiger partial charge < -0.3 is 9.84 Å². The first-order valence-corrected chi connectivity index (χ1v) is 6.04. The molecule has 4 nitrogen and oxygen atoms in total. The van der Waals surface area contributed by atoms with Crippen molar-refractivity contribution in [2.24, 2.45) is 0 Å². The smallest absolute Gasteiger partial charge is 0.362 e. The van der Waals surface area contributed by atoms with Gasteiger partial charge in [-0.05, 0) is 28.9 Å². The Morgan fingerprint density at radius 2 is 2.11 bits per heavy atom. The van der Waals surface area contributed by atoms with E-state index in [0.29, 0.717) is 11.5 Å². The number of aryl methyl sites for hydroxylation is 1. The average molecular weight is 336 g/mol. The van der Waals surface area contributed by atoms with Gasteiger partial charge in [0.25, 0.3) is 0 Å². The van der Waals surface area contributed by atoms with Gasteiger partial charge in [-0.2, -0.15) is 13.2 Å². The molecule has 0 fully saturated rings. The fourth-order valence-corrected chi connectivity index (χ4v) is 1.80. The first kappa shape index (κ1) is 13.9. The molecule has 1 N–H and O–H groups in total. The maximum atomic E-state index is 12.8. The van der Waals surface area contributed by atoms with Crippen LogP contribution in [0.15, 0.2) is 27.3 Å². The Morgan fingerprint density at radius 1 is 1.37 bits per heavy atom. The summed E-state index contributed by atoms with van der Waals surface area (Å²) < 4.78 is 43.6. The van der Waals surface area contributed by atoms with Crippen molar-refractivity contribution in [1.29, 1.82) is 0 Å². The highest BCUT2D eigenvalue weighted by Gasteiger charge is 2.34. The molecule has 0 bridgehead atoms. The lowest BCUT2D eigenvalue weighted by atomic mass is 10.2.